The second-order valence-electron chi connectivity index (χ2n) is 3.76. The molecule has 0 bridgehead atoms. The van der Waals surface area contributed by atoms with Gasteiger partial charge in [-0.05, 0) is 5.21 Å². The zero-order valence-electron chi connectivity index (χ0n) is 10.2. The highest BCUT2D eigenvalue weighted by molar-refractivity contribution is 7.89. The minimum atomic E-state index is -4.59. The molecule has 0 aliphatic heterocycles. The van der Waals surface area contributed by atoms with Crippen molar-refractivity contribution in [1.29, 1.82) is 0 Å². The minimum Gasteiger partial charge on any atom is -0.506 e. The average Bonchev–Trinajstić information content (AvgIpc) is 2.88. The van der Waals surface area contributed by atoms with E-state index in [4.69, 9.17) is 0 Å². The van der Waals surface area contributed by atoms with Gasteiger partial charge in [-0.1, -0.05) is 0 Å². The van der Waals surface area contributed by atoms with E-state index in [0.717, 1.165) is 11.1 Å². The molecule has 0 aliphatic rings. The summed E-state index contributed by atoms with van der Waals surface area (Å²) in [7, 11) is -4.59. The molecule has 0 saturated heterocycles. The molecular formula is C9H8F3N5O3S. The predicted octanol–water partition coefficient (Wildman–Crippen LogP) is -0.226. The number of rotatable bonds is 5. The van der Waals surface area contributed by atoms with Gasteiger partial charge in [0.05, 0.1) is 6.54 Å². The topological polar surface area (TPSA) is 110 Å². The average molecular weight is 323 g/mol. The summed E-state index contributed by atoms with van der Waals surface area (Å²) in [5.41, 5.74) is 0. The predicted molar refractivity (Wildman–Crippen MR) is 61.0 cm³/mol. The first-order valence-electron chi connectivity index (χ1n) is 5.40. The summed E-state index contributed by atoms with van der Waals surface area (Å²) in [5.74, 6) is -6.93. The van der Waals surface area contributed by atoms with Crippen LogP contribution in [0, 0.1) is 17.5 Å². The van der Waals surface area contributed by atoms with Gasteiger partial charge in [0.1, 0.15) is 5.75 Å². The van der Waals surface area contributed by atoms with Crippen molar-refractivity contribution in [3.63, 3.8) is 0 Å². The van der Waals surface area contributed by atoms with Crippen LogP contribution in [0.25, 0.3) is 0 Å². The Labute approximate surface area is 116 Å². The smallest absolute Gasteiger partial charge is 0.247 e. The first-order valence-corrected chi connectivity index (χ1v) is 6.88. The van der Waals surface area contributed by atoms with Crippen molar-refractivity contribution in [3.05, 3.63) is 29.8 Å². The van der Waals surface area contributed by atoms with Crippen LogP contribution in [-0.2, 0) is 16.6 Å². The van der Waals surface area contributed by atoms with Gasteiger partial charge in [0.25, 0.3) is 0 Å². The fourth-order valence-corrected chi connectivity index (χ4v) is 2.63. The highest BCUT2D eigenvalue weighted by Crippen LogP contribution is 2.29. The van der Waals surface area contributed by atoms with E-state index in [1.807, 2.05) is 4.72 Å². The number of hydrogen-bond donors (Lipinski definition) is 2. The maximum Gasteiger partial charge on any atom is 0.247 e. The normalized spacial score (nSPS) is 11.8. The summed E-state index contributed by atoms with van der Waals surface area (Å²) in [6.07, 6.45) is 1.12. The van der Waals surface area contributed by atoms with Crippen LogP contribution in [0.3, 0.4) is 0 Å². The van der Waals surface area contributed by atoms with Crippen LogP contribution >= 0.6 is 0 Å². The molecule has 1 aromatic heterocycles. The first-order chi connectivity index (χ1) is 9.83. The molecule has 21 heavy (non-hydrogen) atoms. The lowest BCUT2D eigenvalue weighted by Gasteiger charge is -2.09. The maximum atomic E-state index is 13.5. The van der Waals surface area contributed by atoms with Crippen molar-refractivity contribution in [2.75, 3.05) is 6.54 Å². The molecular weight excluding hydrogens is 315 g/mol. The van der Waals surface area contributed by atoms with E-state index in [-0.39, 0.29) is 19.2 Å². The van der Waals surface area contributed by atoms with Gasteiger partial charge < -0.3 is 5.11 Å². The van der Waals surface area contributed by atoms with Crippen molar-refractivity contribution >= 4 is 10.0 Å². The van der Waals surface area contributed by atoms with Crippen molar-refractivity contribution < 1.29 is 26.7 Å². The van der Waals surface area contributed by atoms with Crippen molar-refractivity contribution in [1.82, 2.24) is 24.9 Å². The van der Waals surface area contributed by atoms with E-state index in [0.29, 0.717) is 0 Å². The molecule has 114 valence electrons. The Morgan fingerprint density at radius 1 is 1.29 bits per heavy atom. The Morgan fingerprint density at radius 3 is 2.62 bits per heavy atom. The van der Waals surface area contributed by atoms with Crippen LogP contribution in [0.2, 0.25) is 0 Å². The number of tetrazole rings is 1. The third-order valence-electron chi connectivity index (χ3n) is 2.36. The third-order valence-corrected chi connectivity index (χ3v) is 3.87. The van der Waals surface area contributed by atoms with E-state index in [2.05, 4.69) is 15.4 Å². The van der Waals surface area contributed by atoms with Gasteiger partial charge in [0, 0.05) is 12.6 Å². The van der Waals surface area contributed by atoms with Gasteiger partial charge in [0.2, 0.25) is 10.0 Å². The van der Waals surface area contributed by atoms with Crippen LogP contribution in [0.4, 0.5) is 13.2 Å². The Kier molecular flexibility index (Phi) is 4.09. The van der Waals surface area contributed by atoms with Gasteiger partial charge >= 0.3 is 0 Å². The molecule has 0 spiro atoms. The number of phenols is 1. The summed E-state index contributed by atoms with van der Waals surface area (Å²) in [6.45, 7) is -0.318. The quantitative estimate of drug-likeness (QED) is 0.736. The number of sulfonamides is 1. The number of nitrogens with one attached hydrogen (secondary N) is 1. The molecule has 0 radical (unpaired) electrons. The Bertz CT molecular complexity index is 750. The zero-order chi connectivity index (χ0) is 15.6. The Balaban J connectivity index is 2.22. The number of hydrogen-bond acceptors (Lipinski definition) is 6. The summed E-state index contributed by atoms with van der Waals surface area (Å²) < 4.78 is 64.9. The third kappa shape index (κ3) is 3.11. The summed E-state index contributed by atoms with van der Waals surface area (Å²) >= 11 is 0. The summed E-state index contributed by atoms with van der Waals surface area (Å²) in [6, 6.07) is 0.173. The fourth-order valence-electron chi connectivity index (χ4n) is 1.46. The van der Waals surface area contributed by atoms with Crippen molar-refractivity contribution in [3.8, 4) is 5.75 Å². The number of halogens is 3. The molecule has 0 amide bonds. The van der Waals surface area contributed by atoms with Crippen LogP contribution in [0.1, 0.15) is 0 Å². The summed E-state index contributed by atoms with van der Waals surface area (Å²) in [5, 5.41) is 19.7. The van der Waals surface area contributed by atoms with Gasteiger partial charge in [-0.25, -0.2) is 26.3 Å². The maximum absolute atomic E-state index is 13.5. The Hall–Kier alpha value is -2.21. The lowest BCUT2D eigenvalue weighted by molar-refractivity contribution is 0.394. The van der Waals surface area contributed by atoms with Crippen LogP contribution in [-0.4, -0.2) is 40.3 Å². The lowest BCUT2D eigenvalue weighted by Crippen LogP contribution is -2.29. The number of nitrogens with zero attached hydrogens (tertiary/aromatic N) is 4. The highest BCUT2D eigenvalue weighted by atomic mass is 32.2. The number of aromatic hydroxyl groups is 1. The van der Waals surface area contributed by atoms with Crippen LogP contribution < -0.4 is 4.72 Å². The molecule has 0 fully saturated rings. The number of phenolic OH excluding ortho intramolecular Hbond substituents is 1. The minimum absolute atomic E-state index is 0.0364. The largest absolute Gasteiger partial charge is 0.506 e. The molecule has 1 heterocycles. The zero-order valence-corrected chi connectivity index (χ0v) is 11.0. The molecule has 2 aromatic rings. The van der Waals surface area contributed by atoms with Crippen LogP contribution in [0.15, 0.2) is 17.3 Å². The van der Waals surface area contributed by atoms with Gasteiger partial charge in [-0.2, -0.15) is 4.80 Å². The van der Waals surface area contributed by atoms with E-state index >= 15 is 0 Å². The number of aromatic nitrogens is 4. The van der Waals surface area contributed by atoms with E-state index < -0.39 is 38.1 Å². The SMILES string of the molecule is O=S(=O)(NCCn1ncnn1)c1c(O)cc(F)c(F)c1F. The van der Waals surface area contributed by atoms with Crippen molar-refractivity contribution in [2.45, 2.75) is 11.4 Å². The molecule has 2 N–H and O–H groups in total. The molecule has 0 unspecified atom stereocenters. The van der Waals surface area contributed by atoms with Crippen molar-refractivity contribution in [2.24, 2.45) is 0 Å². The molecule has 0 atom stereocenters. The molecule has 0 saturated carbocycles. The molecule has 1 aromatic carbocycles. The standard InChI is InChI=1S/C9H8F3N5O3S/c10-5-3-6(18)9(8(12)7(5)11)21(19,20)15-1-2-17-14-4-13-16-17/h3-4,15,18H,1-2H2. The van der Waals surface area contributed by atoms with Gasteiger partial charge in [-0.3, -0.25) is 0 Å². The molecule has 8 nitrogen and oxygen atoms in total. The fraction of sp³-hybridized carbons (Fsp3) is 0.222. The molecule has 12 heteroatoms. The molecule has 0 aliphatic carbocycles. The lowest BCUT2D eigenvalue weighted by atomic mass is 10.3. The van der Waals surface area contributed by atoms with Crippen LogP contribution in [0.5, 0.6) is 5.75 Å². The Morgan fingerprint density at radius 2 is 2.00 bits per heavy atom. The molecule has 2 rings (SSSR count). The second-order valence-corrected chi connectivity index (χ2v) is 5.47. The van der Waals surface area contributed by atoms with Gasteiger partial charge in [0.15, 0.2) is 28.7 Å². The first kappa shape index (κ1) is 15.2. The highest BCUT2D eigenvalue weighted by Gasteiger charge is 2.28. The van der Waals surface area contributed by atoms with E-state index in [1.165, 1.54) is 0 Å². The second kappa shape index (κ2) is 5.65. The number of benzene rings is 1. The van der Waals surface area contributed by atoms with Gasteiger partial charge in [-0.15, -0.1) is 10.2 Å². The van der Waals surface area contributed by atoms with E-state index in [9.17, 15) is 26.7 Å². The van der Waals surface area contributed by atoms with E-state index in [1.54, 1.807) is 0 Å². The monoisotopic (exact) mass is 323 g/mol. The summed E-state index contributed by atoms with van der Waals surface area (Å²) in [4.78, 5) is -0.322.